The van der Waals surface area contributed by atoms with Gasteiger partial charge in [0.2, 0.25) is 6.79 Å². The van der Waals surface area contributed by atoms with Gasteiger partial charge in [-0.2, -0.15) is 4.98 Å². The van der Waals surface area contributed by atoms with E-state index in [2.05, 4.69) is 4.98 Å². The SMILES string of the molecule is Clc1nc(-c2ccccc2)c(-c2ccc3c(c2)OCO3)o1. The summed E-state index contributed by atoms with van der Waals surface area (Å²) in [5.41, 5.74) is 2.50. The Labute approximate surface area is 125 Å². The molecule has 0 bridgehead atoms. The molecule has 4 rings (SSSR count). The Morgan fingerprint density at radius 2 is 1.71 bits per heavy atom. The van der Waals surface area contributed by atoms with Gasteiger partial charge in [-0.25, -0.2) is 0 Å². The zero-order chi connectivity index (χ0) is 14.2. The molecule has 0 saturated heterocycles. The first-order valence-electron chi connectivity index (χ1n) is 6.43. The van der Waals surface area contributed by atoms with Crippen LogP contribution in [0.3, 0.4) is 0 Å². The number of aromatic nitrogens is 1. The normalized spacial score (nSPS) is 12.6. The Morgan fingerprint density at radius 3 is 2.57 bits per heavy atom. The molecule has 0 spiro atoms. The zero-order valence-corrected chi connectivity index (χ0v) is 11.6. The highest BCUT2D eigenvalue weighted by Gasteiger charge is 2.19. The maximum Gasteiger partial charge on any atom is 0.293 e. The van der Waals surface area contributed by atoms with E-state index >= 15 is 0 Å². The second-order valence-corrected chi connectivity index (χ2v) is 4.90. The lowest BCUT2D eigenvalue weighted by atomic mass is 10.1. The monoisotopic (exact) mass is 299 g/mol. The number of hydrogen-bond donors (Lipinski definition) is 0. The van der Waals surface area contributed by atoms with Crippen LogP contribution in [0.25, 0.3) is 22.6 Å². The second kappa shape index (κ2) is 4.82. The van der Waals surface area contributed by atoms with Crippen LogP contribution < -0.4 is 9.47 Å². The number of benzene rings is 2. The van der Waals surface area contributed by atoms with Gasteiger partial charge >= 0.3 is 0 Å². The van der Waals surface area contributed by atoms with Crippen LogP contribution in [-0.4, -0.2) is 11.8 Å². The Bertz CT molecular complexity index is 799. The predicted octanol–water partition coefficient (Wildman–Crippen LogP) is 4.39. The molecular formula is C16H10ClNO3. The molecule has 2 heterocycles. The summed E-state index contributed by atoms with van der Waals surface area (Å²) in [5, 5.41) is 0.113. The maximum atomic E-state index is 5.95. The van der Waals surface area contributed by atoms with Crippen LogP contribution in [0.1, 0.15) is 0 Å². The molecular weight excluding hydrogens is 290 g/mol. The molecule has 3 aromatic rings. The molecule has 0 unspecified atom stereocenters. The zero-order valence-electron chi connectivity index (χ0n) is 10.9. The molecule has 0 amide bonds. The van der Waals surface area contributed by atoms with Gasteiger partial charge in [0, 0.05) is 11.1 Å². The van der Waals surface area contributed by atoms with E-state index in [9.17, 15) is 0 Å². The summed E-state index contributed by atoms with van der Waals surface area (Å²) in [4.78, 5) is 4.28. The number of ether oxygens (including phenoxy) is 2. The lowest BCUT2D eigenvalue weighted by Crippen LogP contribution is -1.92. The van der Waals surface area contributed by atoms with Gasteiger partial charge in [0.25, 0.3) is 5.35 Å². The van der Waals surface area contributed by atoms with Crippen molar-refractivity contribution in [2.45, 2.75) is 0 Å². The summed E-state index contributed by atoms with van der Waals surface area (Å²) in [6.45, 7) is 0.238. The first kappa shape index (κ1) is 12.3. The van der Waals surface area contributed by atoms with Crippen molar-refractivity contribution in [2.24, 2.45) is 0 Å². The van der Waals surface area contributed by atoms with Gasteiger partial charge in [0.1, 0.15) is 5.69 Å². The fraction of sp³-hybridized carbons (Fsp3) is 0.0625. The Balaban J connectivity index is 1.86. The standard InChI is InChI=1S/C16H10ClNO3/c17-16-18-14(10-4-2-1-3-5-10)15(21-16)11-6-7-12-13(8-11)20-9-19-12/h1-8H,9H2. The third-order valence-corrected chi connectivity index (χ3v) is 3.44. The molecule has 1 aliphatic rings. The summed E-state index contributed by atoms with van der Waals surface area (Å²) in [6, 6.07) is 15.4. The van der Waals surface area contributed by atoms with Crippen LogP contribution in [0.4, 0.5) is 0 Å². The average Bonchev–Trinajstić information content (AvgIpc) is 3.13. The number of nitrogens with zero attached hydrogens (tertiary/aromatic N) is 1. The van der Waals surface area contributed by atoms with E-state index in [0.29, 0.717) is 17.2 Å². The van der Waals surface area contributed by atoms with Crippen LogP contribution in [0.2, 0.25) is 5.35 Å². The van der Waals surface area contributed by atoms with Crippen LogP contribution in [0.15, 0.2) is 52.9 Å². The molecule has 0 fully saturated rings. The summed E-state index contributed by atoms with van der Waals surface area (Å²) >= 11 is 5.95. The summed E-state index contributed by atoms with van der Waals surface area (Å²) in [7, 11) is 0. The van der Waals surface area contributed by atoms with Crippen molar-refractivity contribution in [3.8, 4) is 34.1 Å². The van der Waals surface area contributed by atoms with Crippen molar-refractivity contribution in [2.75, 3.05) is 6.79 Å². The van der Waals surface area contributed by atoms with Crippen LogP contribution >= 0.6 is 11.6 Å². The maximum absolute atomic E-state index is 5.95. The minimum Gasteiger partial charge on any atom is -0.454 e. The van der Waals surface area contributed by atoms with Gasteiger partial charge in [-0.1, -0.05) is 30.3 Å². The fourth-order valence-corrected chi connectivity index (χ4v) is 2.48. The summed E-state index contributed by atoms with van der Waals surface area (Å²) < 4.78 is 16.3. The van der Waals surface area contributed by atoms with E-state index in [0.717, 1.165) is 16.9 Å². The highest BCUT2D eigenvalue weighted by Crippen LogP contribution is 2.39. The molecule has 104 valence electrons. The number of fused-ring (bicyclic) bond motifs is 1. The highest BCUT2D eigenvalue weighted by molar-refractivity contribution is 6.28. The van der Waals surface area contributed by atoms with Crippen LogP contribution in [0, 0.1) is 0 Å². The summed E-state index contributed by atoms with van der Waals surface area (Å²) in [6.07, 6.45) is 0. The van der Waals surface area contributed by atoms with E-state index in [-0.39, 0.29) is 12.1 Å². The van der Waals surface area contributed by atoms with Gasteiger partial charge in [0.05, 0.1) is 0 Å². The molecule has 5 heteroatoms. The third kappa shape index (κ3) is 2.14. The Hall–Kier alpha value is -2.46. The first-order chi connectivity index (χ1) is 10.3. The summed E-state index contributed by atoms with van der Waals surface area (Å²) in [5.74, 6) is 2.04. The van der Waals surface area contributed by atoms with Crippen molar-refractivity contribution in [1.82, 2.24) is 4.98 Å². The lowest BCUT2D eigenvalue weighted by Gasteiger charge is -2.03. The van der Waals surface area contributed by atoms with Crippen molar-refractivity contribution in [3.63, 3.8) is 0 Å². The van der Waals surface area contributed by atoms with Crippen molar-refractivity contribution in [1.29, 1.82) is 0 Å². The van der Waals surface area contributed by atoms with E-state index in [1.807, 2.05) is 48.5 Å². The Morgan fingerprint density at radius 1 is 0.905 bits per heavy atom. The number of halogens is 1. The van der Waals surface area contributed by atoms with Crippen LogP contribution in [-0.2, 0) is 0 Å². The minimum atomic E-state index is 0.113. The number of oxazole rings is 1. The van der Waals surface area contributed by atoms with Gasteiger partial charge in [-0.3, -0.25) is 0 Å². The molecule has 1 aromatic heterocycles. The Kier molecular flexibility index (Phi) is 2.82. The highest BCUT2D eigenvalue weighted by atomic mass is 35.5. The quantitative estimate of drug-likeness (QED) is 0.704. The molecule has 0 atom stereocenters. The largest absolute Gasteiger partial charge is 0.454 e. The fourth-order valence-electron chi connectivity index (χ4n) is 2.32. The van der Waals surface area contributed by atoms with Gasteiger partial charge < -0.3 is 13.9 Å². The molecule has 0 saturated carbocycles. The van der Waals surface area contributed by atoms with Crippen LogP contribution in [0.5, 0.6) is 11.5 Å². The molecule has 0 N–H and O–H groups in total. The number of rotatable bonds is 2. The molecule has 4 nitrogen and oxygen atoms in total. The van der Waals surface area contributed by atoms with Gasteiger partial charge in [-0.15, -0.1) is 0 Å². The van der Waals surface area contributed by atoms with Crippen molar-refractivity contribution < 1.29 is 13.9 Å². The molecule has 0 radical (unpaired) electrons. The van der Waals surface area contributed by atoms with Crippen molar-refractivity contribution in [3.05, 3.63) is 53.9 Å². The topological polar surface area (TPSA) is 44.5 Å². The molecule has 21 heavy (non-hydrogen) atoms. The van der Waals surface area contributed by atoms with E-state index in [1.165, 1.54) is 0 Å². The first-order valence-corrected chi connectivity index (χ1v) is 6.81. The number of hydrogen-bond acceptors (Lipinski definition) is 4. The van der Waals surface area contributed by atoms with Crippen molar-refractivity contribution >= 4 is 11.6 Å². The van der Waals surface area contributed by atoms with E-state index in [1.54, 1.807) is 0 Å². The average molecular weight is 300 g/mol. The lowest BCUT2D eigenvalue weighted by molar-refractivity contribution is 0.174. The van der Waals surface area contributed by atoms with E-state index in [4.69, 9.17) is 25.5 Å². The molecule has 2 aromatic carbocycles. The smallest absolute Gasteiger partial charge is 0.293 e. The molecule has 1 aliphatic heterocycles. The predicted molar refractivity (Wildman–Crippen MR) is 78.5 cm³/mol. The van der Waals surface area contributed by atoms with Gasteiger partial charge in [0.15, 0.2) is 17.3 Å². The second-order valence-electron chi connectivity index (χ2n) is 4.58. The van der Waals surface area contributed by atoms with E-state index < -0.39 is 0 Å². The minimum absolute atomic E-state index is 0.113. The third-order valence-electron chi connectivity index (χ3n) is 3.28. The van der Waals surface area contributed by atoms with Gasteiger partial charge in [-0.05, 0) is 29.8 Å². The molecule has 0 aliphatic carbocycles.